The lowest BCUT2D eigenvalue weighted by Crippen LogP contribution is -2.55. The maximum Gasteiger partial charge on any atom is 0.289 e. The van der Waals surface area contributed by atoms with Crippen molar-refractivity contribution >= 4 is 22.8 Å². The van der Waals surface area contributed by atoms with Crippen LogP contribution in [0.1, 0.15) is 56.5 Å². The molecule has 142 valence electrons. The van der Waals surface area contributed by atoms with E-state index in [0.717, 1.165) is 43.1 Å². The van der Waals surface area contributed by atoms with Gasteiger partial charge in [-0.2, -0.15) is 0 Å². The number of carbonyl (C=O) groups excluding carboxylic acids is 2. The Kier molecular flexibility index (Phi) is 3.65. The van der Waals surface area contributed by atoms with E-state index in [-0.39, 0.29) is 35.4 Å². The third-order valence-corrected chi connectivity index (χ3v) is 7.18. The number of hydrogen-bond acceptors (Lipinski definition) is 3. The average Bonchev–Trinajstić information content (AvgIpc) is 3.12. The van der Waals surface area contributed by atoms with Crippen molar-refractivity contribution in [3.8, 4) is 0 Å². The fourth-order valence-corrected chi connectivity index (χ4v) is 6.09. The molecule has 0 radical (unpaired) electrons. The van der Waals surface area contributed by atoms with Crippen LogP contribution in [-0.2, 0) is 4.79 Å². The Morgan fingerprint density at radius 1 is 1.15 bits per heavy atom. The van der Waals surface area contributed by atoms with Crippen LogP contribution in [0.15, 0.2) is 34.7 Å². The smallest absolute Gasteiger partial charge is 0.289 e. The molecule has 1 aromatic heterocycles. The summed E-state index contributed by atoms with van der Waals surface area (Å²) in [7, 11) is 0. The molecule has 2 bridgehead atoms. The summed E-state index contributed by atoms with van der Waals surface area (Å²) in [5, 5.41) is 0.955. The molecule has 0 spiro atoms. The Bertz CT molecular complexity index is 886. The van der Waals surface area contributed by atoms with Crippen molar-refractivity contribution in [3.63, 3.8) is 0 Å². The number of para-hydroxylation sites is 1. The van der Waals surface area contributed by atoms with Crippen molar-refractivity contribution in [1.82, 2.24) is 9.80 Å². The molecule has 0 unspecified atom stereocenters. The van der Waals surface area contributed by atoms with Crippen molar-refractivity contribution < 1.29 is 14.0 Å². The first kappa shape index (κ1) is 16.8. The van der Waals surface area contributed by atoms with Crippen molar-refractivity contribution in [2.24, 2.45) is 5.41 Å². The molecule has 1 aromatic carbocycles. The molecule has 2 aliphatic heterocycles. The zero-order chi connectivity index (χ0) is 18.8. The normalized spacial score (nSPS) is 32.6. The number of furan rings is 1. The number of fused-ring (bicyclic) bond motifs is 2. The van der Waals surface area contributed by atoms with E-state index in [1.165, 1.54) is 0 Å². The summed E-state index contributed by atoms with van der Waals surface area (Å²) < 4.78 is 5.88. The van der Waals surface area contributed by atoms with Gasteiger partial charge >= 0.3 is 0 Å². The second-order valence-corrected chi connectivity index (χ2v) is 8.71. The number of likely N-dealkylation sites (tertiary alicyclic amines) is 2. The number of carbonyl (C=O) groups is 2. The Morgan fingerprint density at radius 2 is 1.89 bits per heavy atom. The van der Waals surface area contributed by atoms with Gasteiger partial charge in [-0.3, -0.25) is 9.59 Å². The van der Waals surface area contributed by atoms with Crippen molar-refractivity contribution in [2.75, 3.05) is 6.54 Å². The van der Waals surface area contributed by atoms with E-state index in [1.807, 2.05) is 35.2 Å². The highest BCUT2D eigenvalue weighted by Gasteiger charge is 2.60. The van der Waals surface area contributed by atoms with Crippen LogP contribution in [-0.4, -0.2) is 46.3 Å². The largest absolute Gasteiger partial charge is 0.451 e. The lowest BCUT2D eigenvalue weighted by Gasteiger charge is -2.46. The number of piperidine rings is 1. The Balaban J connectivity index is 1.55. The van der Waals surface area contributed by atoms with Gasteiger partial charge in [0.2, 0.25) is 5.91 Å². The van der Waals surface area contributed by atoms with Gasteiger partial charge < -0.3 is 14.2 Å². The molecular formula is C22H26N2O3. The summed E-state index contributed by atoms with van der Waals surface area (Å²) in [6.07, 6.45) is 5.30. The molecule has 2 amide bonds. The van der Waals surface area contributed by atoms with Crippen LogP contribution in [0.5, 0.6) is 0 Å². The van der Waals surface area contributed by atoms with E-state index in [0.29, 0.717) is 12.3 Å². The van der Waals surface area contributed by atoms with Crippen molar-refractivity contribution in [1.29, 1.82) is 0 Å². The maximum absolute atomic E-state index is 13.4. The molecule has 3 heterocycles. The van der Waals surface area contributed by atoms with Gasteiger partial charge in [0.15, 0.2) is 5.76 Å². The summed E-state index contributed by atoms with van der Waals surface area (Å²) in [5.74, 6) is 0.530. The molecule has 2 saturated heterocycles. The molecule has 5 nitrogen and oxygen atoms in total. The first-order chi connectivity index (χ1) is 13.0. The highest BCUT2D eigenvalue weighted by Crippen LogP contribution is 2.53. The minimum absolute atomic E-state index is 0.0211. The number of benzene rings is 1. The second kappa shape index (κ2) is 5.85. The van der Waals surface area contributed by atoms with Crippen molar-refractivity contribution in [2.45, 2.75) is 64.1 Å². The highest BCUT2D eigenvalue weighted by molar-refractivity contribution is 5.96. The molecule has 2 aromatic rings. The minimum Gasteiger partial charge on any atom is -0.451 e. The predicted octanol–water partition coefficient (Wildman–Crippen LogP) is 3.83. The van der Waals surface area contributed by atoms with Gasteiger partial charge in [-0.1, -0.05) is 38.0 Å². The van der Waals surface area contributed by atoms with E-state index in [4.69, 9.17) is 4.42 Å². The van der Waals surface area contributed by atoms with Gasteiger partial charge in [-0.25, -0.2) is 0 Å². The molecule has 5 rings (SSSR count). The van der Waals surface area contributed by atoms with Crippen LogP contribution < -0.4 is 0 Å². The van der Waals surface area contributed by atoms with Gasteiger partial charge in [-0.15, -0.1) is 0 Å². The summed E-state index contributed by atoms with van der Waals surface area (Å²) in [4.78, 5) is 30.0. The quantitative estimate of drug-likeness (QED) is 0.771. The predicted molar refractivity (Wildman–Crippen MR) is 102 cm³/mol. The number of amides is 2. The van der Waals surface area contributed by atoms with Crippen LogP contribution >= 0.6 is 0 Å². The fourth-order valence-electron chi connectivity index (χ4n) is 6.09. The van der Waals surface area contributed by atoms with Gasteiger partial charge in [0, 0.05) is 36.4 Å². The zero-order valence-corrected chi connectivity index (χ0v) is 16.0. The fraction of sp³-hybridized carbons (Fsp3) is 0.545. The van der Waals surface area contributed by atoms with Gasteiger partial charge in [0.25, 0.3) is 5.91 Å². The molecule has 1 aliphatic carbocycles. The summed E-state index contributed by atoms with van der Waals surface area (Å²) in [6, 6.07) is 10.1. The van der Waals surface area contributed by atoms with Crippen LogP contribution in [0, 0.1) is 5.41 Å². The maximum atomic E-state index is 13.4. The van der Waals surface area contributed by atoms with E-state index in [9.17, 15) is 9.59 Å². The standard InChI is InChI=1S/C22H26N2O3/c1-14(25)24-16-12-22(2)19(9-5-6-10-20(22)24)23(13-16)21(26)18-11-15-7-3-4-8-17(15)27-18/h3-4,7-8,11,16,19-20H,5-6,9-10,12-13H2,1-2H3/t16-,19+,20-,22+/m0/s1. The molecular weight excluding hydrogens is 340 g/mol. The summed E-state index contributed by atoms with van der Waals surface area (Å²) >= 11 is 0. The van der Waals surface area contributed by atoms with Crippen LogP contribution in [0.25, 0.3) is 11.0 Å². The Hall–Kier alpha value is -2.30. The number of rotatable bonds is 1. The minimum atomic E-state index is -0.0295. The van der Waals surface area contributed by atoms with Crippen LogP contribution in [0.2, 0.25) is 0 Å². The van der Waals surface area contributed by atoms with Gasteiger partial charge in [0.1, 0.15) is 5.58 Å². The van der Waals surface area contributed by atoms with Gasteiger partial charge in [0.05, 0.1) is 6.04 Å². The third-order valence-electron chi connectivity index (χ3n) is 7.18. The van der Waals surface area contributed by atoms with E-state index >= 15 is 0 Å². The second-order valence-electron chi connectivity index (χ2n) is 8.71. The summed E-state index contributed by atoms with van der Waals surface area (Å²) in [6.45, 7) is 4.59. The Labute approximate surface area is 159 Å². The molecule has 27 heavy (non-hydrogen) atoms. The molecule has 4 atom stereocenters. The van der Waals surface area contributed by atoms with Crippen LogP contribution in [0.4, 0.5) is 0 Å². The molecule has 3 fully saturated rings. The first-order valence-corrected chi connectivity index (χ1v) is 10.1. The number of nitrogens with zero attached hydrogens (tertiary/aromatic N) is 2. The average molecular weight is 366 g/mol. The highest BCUT2D eigenvalue weighted by atomic mass is 16.3. The number of hydrogen-bond donors (Lipinski definition) is 0. The molecule has 0 N–H and O–H groups in total. The lowest BCUT2D eigenvalue weighted by molar-refractivity contribution is -0.132. The molecule has 1 saturated carbocycles. The van der Waals surface area contributed by atoms with E-state index in [2.05, 4.69) is 11.8 Å². The molecule has 5 heteroatoms. The molecule has 3 aliphatic rings. The lowest BCUT2D eigenvalue weighted by atomic mass is 9.71. The first-order valence-electron chi connectivity index (χ1n) is 10.1. The Morgan fingerprint density at radius 3 is 2.63 bits per heavy atom. The summed E-state index contributed by atoms with van der Waals surface area (Å²) in [5.41, 5.74) is 0.725. The van der Waals surface area contributed by atoms with Crippen molar-refractivity contribution in [3.05, 3.63) is 36.1 Å². The SMILES string of the molecule is CC(=O)N1[C@@H]2CN(C(=O)c3cc4ccccc4o3)[C@@H]3CCCC[C@H]1[C@]3(C)C2. The van der Waals surface area contributed by atoms with Crippen LogP contribution in [0.3, 0.4) is 0 Å². The van der Waals surface area contributed by atoms with Gasteiger partial charge in [-0.05, 0) is 31.4 Å². The van der Waals surface area contributed by atoms with E-state index < -0.39 is 0 Å². The topological polar surface area (TPSA) is 53.8 Å². The monoisotopic (exact) mass is 366 g/mol. The third kappa shape index (κ3) is 2.36. The van der Waals surface area contributed by atoms with E-state index in [1.54, 1.807) is 6.92 Å². The zero-order valence-electron chi connectivity index (χ0n) is 16.0.